The zero-order chi connectivity index (χ0) is 24.8. The Kier molecular flexibility index (Phi) is 7.62. The Labute approximate surface area is 202 Å². The summed E-state index contributed by atoms with van der Waals surface area (Å²) in [6.45, 7) is 0.0960. The van der Waals surface area contributed by atoms with Gasteiger partial charge in [0.1, 0.15) is 18.2 Å². The third kappa shape index (κ3) is 5.78. The van der Waals surface area contributed by atoms with Crippen LogP contribution in [-0.2, 0) is 9.53 Å². The second kappa shape index (κ2) is 11.0. The predicted octanol–water partition coefficient (Wildman–Crippen LogP) is 4.43. The first kappa shape index (κ1) is 24.2. The maximum Gasteiger partial charge on any atom is 0.262 e. The molecule has 0 spiro atoms. The Morgan fingerprint density at radius 1 is 1.00 bits per heavy atom. The number of ether oxygens (including phenoxy) is 1. The molecule has 0 aromatic heterocycles. The van der Waals surface area contributed by atoms with Crippen LogP contribution in [0.3, 0.4) is 0 Å². The minimum Gasteiger partial charge on any atom is -0.383 e. The molecule has 8 heteroatoms. The standard InChI is InChI=1S/C27H25F2N3O3/c1-35-15-14-31(27(34)21-8-5-9-23(29)16-21)18-26(33)32-25(20-6-3-2-4-7-20)17-24(30-32)19-10-12-22(28)13-11-19/h2-13,16,25H,14-15,17-18H2,1H3/t25-/m1/s1. The van der Waals surface area contributed by atoms with Crippen molar-refractivity contribution in [3.63, 3.8) is 0 Å². The quantitative estimate of drug-likeness (QED) is 0.482. The van der Waals surface area contributed by atoms with Crippen LogP contribution in [0.15, 0.2) is 84.0 Å². The molecule has 0 N–H and O–H groups in total. The highest BCUT2D eigenvalue weighted by atomic mass is 19.1. The lowest BCUT2D eigenvalue weighted by molar-refractivity contribution is -0.133. The van der Waals surface area contributed by atoms with E-state index in [0.29, 0.717) is 12.1 Å². The molecule has 1 atom stereocenters. The molecule has 1 aliphatic rings. The summed E-state index contributed by atoms with van der Waals surface area (Å²) >= 11 is 0. The molecule has 1 aliphatic heterocycles. The molecule has 0 unspecified atom stereocenters. The zero-order valence-corrected chi connectivity index (χ0v) is 19.2. The van der Waals surface area contributed by atoms with Crippen LogP contribution in [0.5, 0.6) is 0 Å². The summed E-state index contributed by atoms with van der Waals surface area (Å²) in [7, 11) is 1.50. The van der Waals surface area contributed by atoms with E-state index in [-0.39, 0.29) is 37.1 Å². The molecule has 2 amide bonds. The molecule has 0 saturated heterocycles. The Morgan fingerprint density at radius 3 is 2.43 bits per heavy atom. The summed E-state index contributed by atoms with van der Waals surface area (Å²) in [5.41, 5.74) is 2.40. The Hall–Kier alpha value is -3.91. The number of methoxy groups -OCH3 is 1. The van der Waals surface area contributed by atoms with Crippen LogP contribution in [0.1, 0.15) is 33.9 Å². The second-order valence-electron chi connectivity index (χ2n) is 8.15. The largest absolute Gasteiger partial charge is 0.383 e. The minimum atomic E-state index is -0.536. The first-order chi connectivity index (χ1) is 17.0. The van der Waals surface area contributed by atoms with Crippen molar-refractivity contribution in [3.05, 3.63) is 107 Å². The van der Waals surface area contributed by atoms with Gasteiger partial charge in [0.15, 0.2) is 0 Å². The molecule has 0 bridgehead atoms. The molecule has 4 rings (SSSR count). The molecule has 180 valence electrons. The average molecular weight is 478 g/mol. The number of rotatable bonds is 8. The van der Waals surface area contributed by atoms with Gasteiger partial charge in [-0.3, -0.25) is 9.59 Å². The van der Waals surface area contributed by atoms with Crippen molar-refractivity contribution in [3.8, 4) is 0 Å². The lowest BCUT2D eigenvalue weighted by Gasteiger charge is -2.27. The fourth-order valence-electron chi connectivity index (χ4n) is 3.99. The van der Waals surface area contributed by atoms with Crippen LogP contribution < -0.4 is 0 Å². The summed E-state index contributed by atoms with van der Waals surface area (Å²) in [4.78, 5) is 27.9. The maximum atomic E-state index is 13.7. The van der Waals surface area contributed by atoms with E-state index in [9.17, 15) is 18.4 Å². The van der Waals surface area contributed by atoms with E-state index in [2.05, 4.69) is 5.10 Å². The fraction of sp³-hybridized carbons (Fsp3) is 0.222. The monoisotopic (exact) mass is 477 g/mol. The number of nitrogens with zero attached hydrogens (tertiary/aromatic N) is 3. The lowest BCUT2D eigenvalue weighted by atomic mass is 9.98. The number of carbonyl (C=O) groups excluding carboxylic acids is 2. The summed E-state index contributed by atoms with van der Waals surface area (Å²) < 4.78 is 32.3. The number of halogens is 2. The number of hydrogen-bond acceptors (Lipinski definition) is 4. The SMILES string of the molecule is COCCN(CC(=O)N1N=C(c2ccc(F)cc2)C[C@@H]1c1ccccc1)C(=O)c1cccc(F)c1. The summed E-state index contributed by atoms with van der Waals surface area (Å²) in [5.74, 6) is -1.76. The molecule has 0 radical (unpaired) electrons. The number of benzene rings is 3. The van der Waals surface area contributed by atoms with Crippen molar-refractivity contribution >= 4 is 17.5 Å². The molecule has 6 nitrogen and oxygen atoms in total. The maximum absolute atomic E-state index is 13.7. The summed E-state index contributed by atoms with van der Waals surface area (Å²) in [6, 6.07) is 20.4. The van der Waals surface area contributed by atoms with Gasteiger partial charge in [-0.1, -0.05) is 48.5 Å². The van der Waals surface area contributed by atoms with E-state index in [4.69, 9.17) is 4.74 Å². The molecule has 1 heterocycles. The van der Waals surface area contributed by atoms with Gasteiger partial charge in [0.25, 0.3) is 11.8 Å². The van der Waals surface area contributed by atoms with Crippen LogP contribution in [0.2, 0.25) is 0 Å². The van der Waals surface area contributed by atoms with Gasteiger partial charge in [-0.25, -0.2) is 13.8 Å². The Morgan fingerprint density at radius 2 is 1.74 bits per heavy atom. The van der Waals surface area contributed by atoms with E-state index < -0.39 is 17.6 Å². The normalized spacial score (nSPS) is 15.1. The molecule has 35 heavy (non-hydrogen) atoms. The van der Waals surface area contributed by atoms with Gasteiger partial charge >= 0.3 is 0 Å². The molecular formula is C27H25F2N3O3. The highest BCUT2D eigenvalue weighted by molar-refractivity contribution is 6.03. The van der Waals surface area contributed by atoms with Crippen molar-refractivity contribution in [2.24, 2.45) is 5.10 Å². The van der Waals surface area contributed by atoms with Gasteiger partial charge in [-0.15, -0.1) is 0 Å². The third-order valence-electron chi connectivity index (χ3n) is 5.78. The van der Waals surface area contributed by atoms with Crippen LogP contribution in [0.4, 0.5) is 8.78 Å². The fourth-order valence-corrected chi connectivity index (χ4v) is 3.99. The van der Waals surface area contributed by atoms with E-state index in [1.165, 1.54) is 47.4 Å². The van der Waals surface area contributed by atoms with Gasteiger partial charge in [0.05, 0.1) is 18.4 Å². The topological polar surface area (TPSA) is 62.2 Å². The lowest BCUT2D eigenvalue weighted by Crippen LogP contribution is -2.42. The van der Waals surface area contributed by atoms with E-state index in [1.807, 2.05) is 30.3 Å². The highest BCUT2D eigenvalue weighted by Crippen LogP contribution is 2.33. The summed E-state index contributed by atoms with van der Waals surface area (Å²) in [5, 5.41) is 5.96. The van der Waals surface area contributed by atoms with Crippen molar-refractivity contribution in [1.82, 2.24) is 9.91 Å². The smallest absolute Gasteiger partial charge is 0.262 e. The van der Waals surface area contributed by atoms with Crippen molar-refractivity contribution in [1.29, 1.82) is 0 Å². The van der Waals surface area contributed by atoms with Gasteiger partial charge in [0, 0.05) is 25.6 Å². The molecule has 3 aromatic rings. The Balaban J connectivity index is 1.61. The van der Waals surface area contributed by atoms with E-state index >= 15 is 0 Å². The predicted molar refractivity (Wildman–Crippen MR) is 128 cm³/mol. The molecule has 3 aromatic carbocycles. The van der Waals surface area contributed by atoms with Crippen molar-refractivity contribution in [2.45, 2.75) is 12.5 Å². The van der Waals surface area contributed by atoms with Gasteiger partial charge < -0.3 is 9.64 Å². The van der Waals surface area contributed by atoms with E-state index in [1.54, 1.807) is 12.1 Å². The van der Waals surface area contributed by atoms with Crippen molar-refractivity contribution in [2.75, 3.05) is 26.8 Å². The first-order valence-electron chi connectivity index (χ1n) is 11.2. The number of hydrogen-bond donors (Lipinski definition) is 0. The Bertz CT molecular complexity index is 1220. The summed E-state index contributed by atoms with van der Waals surface area (Å²) in [6.07, 6.45) is 0.442. The van der Waals surface area contributed by atoms with Crippen LogP contribution >= 0.6 is 0 Å². The highest BCUT2D eigenvalue weighted by Gasteiger charge is 2.34. The van der Waals surface area contributed by atoms with Crippen LogP contribution in [0.25, 0.3) is 0 Å². The minimum absolute atomic E-state index is 0.144. The first-order valence-corrected chi connectivity index (χ1v) is 11.2. The third-order valence-corrected chi connectivity index (χ3v) is 5.78. The second-order valence-corrected chi connectivity index (χ2v) is 8.15. The molecule has 0 aliphatic carbocycles. The molecular weight excluding hydrogens is 452 g/mol. The number of carbonyl (C=O) groups is 2. The number of hydrazone groups is 1. The van der Waals surface area contributed by atoms with Crippen LogP contribution in [-0.4, -0.2) is 54.2 Å². The van der Waals surface area contributed by atoms with Crippen molar-refractivity contribution < 1.29 is 23.1 Å². The zero-order valence-electron chi connectivity index (χ0n) is 19.2. The molecule has 0 saturated carbocycles. The van der Waals surface area contributed by atoms with Crippen LogP contribution in [0, 0.1) is 11.6 Å². The van der Waals surface area contributed by atoms with Gasteiger partial charge in [-0.05, 0) is 41.5 Å². The average Bonchev–Trinajstić information content (AvgIpc) is 3.33. The van der Waals surface area contributed by atoms with E-state index in [0.717, 1.165) is 17.2 Å². The van der Waals surface area contributed by atoms with Gasteiger partial charge in [-0.2, -0.15) is 5.10 Å². The number of amides is 2. The van der Waals surface area contributed by atoms with Gasteiger partial charge in [0.2, 0.25) is 0 Å². The molecule has 0 fully saturated rings.